The van der Waals surface area contributed by atoms with Crippen LogP contribution < -0.4 is 0 Å². The Balaban J connectivity index is 0.00000128. The largest absolute Gasteiger partial charge is 0.378 e. The van der Waals surface area contributed by atoms with E-state index in [1.807, 2.05) is 0 Å². The molecule has 0 saturated carbocycles. The number of hydrogen-bond acceptors (Lipinski definition) is 2. The van der Waals surface area contributed by atoms with Crippen molar-refractivity contribution in [3.63, 3.8) is 0 Å². The van der Waals surface area contributed by atoms with Crippen molar-refractivity contribution < 1.29 is 4.74 Å². The summed E-state index contributed by atoms with van der Waals surface area (Å²) in [5.74, 6) is 1.75. The summed E-state index contributed by atoms with van der Waals surface area (Å²) in [5, 5.41) is 0. The van der Waals surface area contributed by atoms with Crippen molar-refractivity contribution in [2.45, 2.75) is 66.1 Å². The van der Waals surface area contributed by atoms with Crippen molar-refractivity contribution >= 4 is 0 Å². The van der Waals surface area contributed by atoms with Crippen molar-refractivity contribution in [3.05, 3.63) is 0 Å². The smallest absolute Gasteiger partial charge is 0.0622 e. The zero-order valence-corrected chi connectivity index (χ0v) is 10.6. The van der Waals surface area contributed by atoms with Crippen LogP contribution in [0.25, 0.3) is 0 Å². The minimum Gasteiger partial charge on any atom is -0.378 e. The lowest BCUT2D eigenvalue weighted by Gasteiger charge is -2.51. The van der Waals surface area contributed by atoms with Crippen LogP contribution in [0.15, 0.2) is 0 Å². The standard InChI is InChI=1S/C13H25NO.CH4/c1-9(2)11-5-12-7-15-8-13(6-11)14(12)10(3)4;/h9-13H,5-8H2,1-4H3;1H4. The van der Waals surface area contributed by atoms with Gasteiger partial charge in [-0.25, -0.2) is 0 Å². The van der Waals surface area contributed by atoms with Gasteiger partial charge in [0.1, 0.15) is 0 Å². The van der Waals surface area contributed by atoms with Crippen molar-refractivity contribution in [2.75, 3.05) is 13.2 Å². The Morgan fingerprint density at radius 1 is 1.00 bits per heavy atom. The summed E-state index contributed by atoms with van der Waals surface area (Å²) in [7, 11) is 0. The number of piperidine rings is 1. The van der Waals surface area contributed by atoms with E-state index in [-0.39, 0.29) is 7.43 Å². The molecule has 0 aromatic heterocycles. The SMILES string of the molecule is C.CC(C)C1CC2COCC(C1)N2C(C)C. The quantitative estimate of drug-likeness (QED) is 0.718. The molecule has 16 heavy (non-hydrogen) atoms. The predicted molar refractivity (Wildman–Crippen MR) is 69.7 cm³/mol. The van der Waals surface area contributed by atoms with Crippen molar-refractivity contribution in [1.29, 1.82) is 0 Å². The fourth-order valence-electron chi connectivity index (χ4n) is 3.37. The average molecular weight is 227 g/mol. The minimum atomic E-state index is 0. The van der Waals surface area contributed by atoms with Crippen LogP contribution >= 0.6 is 0 Å². The van der Waals surface area contributed by atoms with Crippen molar-refractivity contribution in [2.24, 2.45) is 11.8 Å². The maximum Gasteiger partial charge on any atom is 0.0622 e. The van der Waals surface area contributed by atoms with Gasteiger partial charge in [-0.15, -0.1) is 0 Å². The number of nitrogens with zero attached hydrogens (tertiary/aromatic N) is 1. The van der Waals surface area contributed by atoms with E-state index in [0.717, 1.165) is 25.0 Å². The van der Waals surface area contributed by atoms with E-state index < -0.39 is 0 Å². The number of rotatable bonds is 2. The highest BCUT2D eigenvalue weighted by molar-refractivity contribution is 4.93. The van der Waals surface area contributed by atoms with Crippen LogP contribution in [0.1, 0.15) is 48.0 Å². The molecule has 0 radical (unpaired) electrons. The molecule has 0 aromatic carbocycles. The van der Waals surface area contributed by atoms with Gasteiger partial charge in [-0.3, -0.25) is 4.90 Å². The molecule has 96 valence electrons. The molecule has 0 spiro atoms. The zero-order chi connectivity index (χ0) is 11.0. The lowest BCUT2D eigenvalue weighted by molar-refractivity contribution is -0.106. The van der Waals surface area contributed by atoms with E-state index in [9.17, 15) is 0 Å². The van der Waals surface area contributed by atoms with Gasteiger partial charge in [0, 0.05) is 18.1 Å². The monoisotopic (exact) mass is 227 g/mol. The molecule has 2 aliphatic heterocycles. The summed E-state index contributed by atoms with van der Waals surface area (Å²) in [6.07, 6.45) is 2.68. The van der Waals surface area contributed by atoms with Gasteiger partial charge in [-0.05, 0) is 38.5 Å². The molecule has 2 unspecified atom stereocenters. The number of fused-ring (bicyclic) bond motifs is 2. The summed E-state index contributed by atoms with van der Waals surface area (Å²) < 4.78 is 5.70. The first-order valence-electron chi connectivity index (χ1n) is 6.44. The molecule has 2 heterocycles. The molecule has 2 atom stereocenters. The second-order valence-electron chi connectivity index (χ2n) is 5.86. The summed E-state index contributed by atoms with van der Waals surface area (Å²) in [6, 6.07) is 2.05. The Labute approximate surface area is 101 Å². The van der Waals surface area contributed by atoms with Gasteiger partial charge >= 0.3 is 0 Å². The first kappa shape index (κ1) is 14.0. The van der Waals surface area contributed by atoms with Gasteiger partial charge in [-0.2, -0.15) is 0 Å². The zero-order valence-electron chi connectivity index (χ0n) is 10.6. The van der Waals surface area contributed by atoms with E-state index in [1.165, 1.54) is 12.8 Å². The van der Waals surface area contributed by atoms with Gasteiger partial charge in [0.2, 0.25) is 0 Å². The molecule has 0 aromatic rings. The lowest BCUT2D eigenvalue weighted by Crippen LogP contribution is -2.59. The Hall–Kier alpha value is -0.0800. The molecule has 2 bridgehead atoms. The number of morpholine rings is 1. The third-order valence-electron chi connectivity index (χ3n) is 4.15. The number of ether oxygens (including phenoxy) is 1. The Morgan fingerprint density at radius 2 is 1.50 bits per heavy atom. The highest BCUT2D eigenvalue weighted by Crippen LogP contribution is 2.36. The highest BCUT2D eigenvalue weighted by atomic mass is 16.5. The van der Waals surface area contributed by atoms with E-state index in [4.69, 9.17) is 4.74 Å². The van der Waals surface area contributed by atoms with Crippen LogP contribution in [0, 0.1) is 11.8 Å². The molecule has 0 N–H and O–H groups in total. The van der Waals surface area contributed by atoms with Crippen LogP contribution in [0.2, 0.25) is 0 Å². The first-order chi connectivity index (χ1) is 7.09. The van der Waals surface area contributed by atoms with Crippen molar-refractivity contribution in [1.82, 2.24) is 4.90 Å². The van der Waals surface area contributed by atoms with E-state index in [0.29, 0.717) is 18.1 Å². The van der Waals surface area contributed by atoms with Gasteiger partial charge in [0.15, 0.2) is 0 Å². The Bertz CT molecular complexity index is 201. The molecular weight excluding hydrogens is 198 g/mol. The molecule has 2 nitrogen and oxygen atoms in total. The fourth-order valence-corrected chi connectivity index (χ4v) is 3.37. The van der Waals surface area contributed by atoms with Crippen LogP contribution in [-0.2, 0) is 4.74 Å². The third-order valence-corrected chi connectivity index (χ3v) is 4.15. The van der Waals surface area contributed by atoms with E-state index in [2.05, 4.69) is 32.6 Å². The molecular formula is C14H29NO. The van der Waals surface area contributed by atoms with E-state index in [1.54, 1.807) is 0 Å². The normalized spacial score (nSPS) is 35.2. The third kappa shape index (κ3) is 2.60. The van der Waals surface area contributed by atoms with E-state index >= 15 is 0 Å². The predicted octanol–water partition coefficient (Wildman–Crippen LogP) is 3.17. The Morgan fingerprint density at radius 3 is 1.88 bits per heavy atom. The summed E-state index contributed by atoms with van der Waals surface area (Å²) in [4.78, 5) is 2.70. The maximum atomic E-state index is 5.70. The first-order valence-corrected chi connectivity index (χ1v) is 6.44. The highest BCUT2D eigenvalue weighted by Gasteiger charge is 2.40. The lowest BCUT2D eigenvalue weighted by atomic mass is 9.78. The molecule has 2 aliphatic rings. The number of hydrogen-bond donors (Lipinski definition) is 0. The molecule has 2 rings (SSSR count). The van der Waals surface area contributed by atoms with Crippen LogP contribution in [-0.4, -0.2) is 36.2 Å². The van der Waals surface area contributed by atoms with Gasteiger partial charge in [-0.1, -0.05) is 21.3 Å². The van der Waals surface area contributed by atoms with Gasteiger partial charge in [0.25, 0.3) is 0 Å². The van der Waals surface area contributed by atoms with Crippen LogP contribution in [0.4, 0.5) is 0 Å². The Kier molecular flexibility index (Phi) is 4.81. The summed E-state index contributed by atoms with van der Waals surface area (Å²) in [5.41, 5.74) is 0. The maximum absolute atomic E-state index is 5.70. The summed E-state index contributed by atoms with van der Waals surface area (Å²) >= 11 is 0. The second-order valence-corrected chi connectivity index (χ2v) is 5.86. The fraction of sp³-hybridized carbons (Fsp3) is 1.00. The van der Waals surface area contributed by atoms with Crippen molar-refractivity contribution in [3.8, 4) is 0 Å². The molecule has 0 aliphatic carbocycles. The molecule has 0 amide bonds. The molecule has 2 fully saturated rings. The van der Waals surface area contributed by atoms with Crippen LogP contribution in [0.5, 0.6) is 0 Å². The topological polar surface area (TPSA) is 12.5 Å². The summed E-state index contributed by atoms with van der Waals surface area (Å²) in [6.45, 7) is 11.3. The average Bonchev–Trinajstić information content (AvgIpc) is 2.15. The van der Waals surface area contributed by atoms with Gasteiger partial charge < -0.3 is 4.74 Å². The van der Waals surface area contributed by atoms with Crippen LogP contribution in [0.3, 0.4) is 0 Å². The minimum absolute atomic E-state index is 0. The second kappa shape index (κ2) is 5.50. The molecule has 2 saturated heterocycles. The molecule has 2 heteroatoms. The van der Waals surface area contributed by atoms with Gasteiger partial charge in [0.05, 0.1) is 13.2 Å².